The van der Waals surface area contributed by atoms with Gasteiger partial charge in [-0.2, -0.15) is 0 Å². The molecule has 1 saturated heterocycles. The van der Waals surface area contributed by atoms with Crippen molar-refractivity contribution in [3.8, 4) is 17.1 Å². The van der Waals surface area contributed by atoms with Gasteiger partial charge in [-0.3, -0.25) is 0 Å². The highest BCUT2D eigenvalue weighted by Gasteiger charge is 2.27. The van der Waals surface area contributed by atoms with E-state index in [0.29, 0.717) is 24.6 Å². The average molecular weight is 393 g/mol. The van der Waals surface area contributed by atoms with Crippen LogP contribution in [0.4, 0.5) is 10.2 Å². The molecule has 1 aromatic carbocycles. The Morgan fingerprint density at radius 3 is 3.00 bits per heavy atom. The highest BCUT2D eigenvalue weighted by molar-refractivity contribution is 5.99. The van der Waals surface area contributed by atoms with E-state index in [-0.39, 0.29) is 22.9 Å². The number of nitrogens with one attached hydrogen (secondary N) is 1. The fourth-order valence-corrected chi connectivity index (χ4v) is 3.35. The minimum Gasteiger partial charge on any atom is -0.494 e. The summed E-state index contributed by atoms with van der Waals surface area (Å²) in [5.41, 5.74) is 0.297. The molecule has 0 spiro atoms. The van der Waals surface area contributed by atoms with Crippen LogP contribution in [-0.2, 0) is 4.74 Å². The molecule has 0 aliphatic carbocycles. The van der Waals surface area contributed by atoms with Crippen LogP contribution in [0.3, 0.4) is 0 Å². The normalized spacial score (nSPS) is 17.0. The quantitative estimate of drug-likeness (QED) is 0.671. The highest BCUT2D eigenvalue weighted by atomic mass is 19.1. The van der Waals surface area contributed by atoms with Gasteiger partial charge in [0, 0.05) is 32.3 Å². The molecule has 1 unspecified atom stereocenters. The van der Waals surface area contributed by atoms with E-state index in [1.54, 1.807) is 7.11 Å². The summed E-state index contributed by atoms with van der Waals surface area (Å²) in [5, 5.41) is 16.6. The molecule has 1 fully saturated rings. The number of carboxylic acid groups (broad SMARTS) is 1. The van der Waals surface area contributed by atoms with Crippen molar-refractivity contribution < 1.29 is 28.3 Å². The molecule has 152 valence electrons. The maximum absolute atomic E-state index is 13.6. The number of rotatable bonds is 9. The van der Waals surface area contributed by atoms with Gasteiger partial charge in [-0.15, -0.1) is 0 Å². The number of benzene rings is 1. The largest absolute Gasteiger partial charge is 0.494 e. The molecule has 1 aliphatic heterocycles. The van der Waals surface area contributed by atoms with Crippen LogP contribution in [-0.4, -0.2) is 68.1 Å². The number of carboxylic acids is 1. The Morgan fingerprint density at radius 2 is 2.29 bits per heavy atom. The number of nitrogens with zero attached hydrogens (tertiary/aromatic N) is 2. The van der Waals surface area contributed by atoms with Crippen molar-refractivity contribution >= 4 is 11.8 Å². The zero-order valence-corrected chi connectivity index (χ0v) is 15.9. The third-order valence-electron chi connectivity index (χ3n) is 4.86. The van der Waals surface area contributed by atoms with Crippen molar-refractivity contribution in [3.05, 3.63) is 29.6 Å². The second kappa shape index (κ2) is 9.03. The van der Waals surface area contributed by atoms with Gasteiger partial charge in [-0.25, -0.2) is 9.18 Å². The fourth-order valence-electron chi connectivity index (χ4n) is 3.35. The first-order chi connectivity index (χ1) is 13.5. The SMILES string of the molecule is COCCN1CCC(CNc2noc(-c3ccc(F)c(OC)c3)c2C(=O)O)C1. The van der Waals surface area contributed by atoms with E-state index in [9.17, 15) is 14.3 Å². The minimum absolute atomic E-state index is 0.00172. The molecule has 0 amide bonds. The number of aromatic carboxylic acids is 1. The lowest BCUT2D eigenvalue weighted by Crippen LogP contribution is -2.26. The standard InChI is InChI=1S/C19H24FN3O5/c1-26-8-7-23-6-5-12(11-23)10-21-18-16(19(24)25)17(28-22-18)13-3-4-14(20)15(9-13)27-2/h3-4,9,12H,5-8,10-11H2,1-2H3,(H,21,22)(H,24,25). The smallest absolute Gasteiger partial charge is 0.343 e. The number of methoxy groups -OCH3 is 2. The van der Waals surface area contributed by atoms with E-state index in [1.807, 2.05) is 0 Å². The van der Waals surface area contributed by atoms with Crippen LogP contribution in [0.1, 0.15) is 16.8 Å². The van der Waals surface area contributed by atoms with Gasteiger partial charge in [0.15, 0.2) is 28.7 Å². The van der Waals surface area contributed by atoms with Gasteiger partial charge in [0.05, 0.1) is 13.7 Å². The van der Waals surface area contributed by atoms with E-state index in [4.69, 9.17) is 14.0 Å². The number of halogens is 1. The zero-order valence-electron chi connectivity index (χ0n) is 15.9. The van der Waals surface area contributed by atoms with Crippen LogP contribution < -0.4 is 10.1 Å². The van der Waals surface area contributed by atoms with Gasteiger partial charge in [0.2, 0.25) is 0 Å². The van der Waals surface area contributed by atoms with Gasteiger partial charge in [-0.05, 0) is 37.1 Å². The molecule has 2 heterocycles. The summed E-state index contributed by atoms with van der Waals surface area (Å²) in [7, 11) is 3.02. The van der Waals surface area contributed by atoms with Crippen LogP contribution in [0.25, 0.3) is 11.3 Å². The van der Waals surface area contributed by atoms with Crippen LogP contribution in [0.5, 0.6) is 5.75 Å². The number of hydrogen-bond acceptors (Lipinski definition) is 7. The lowest BCUT2D eigenvalue weighted by molar-refractivity contribution is 0.0698. The van der Waals surface area contributed by atoms with Crippen LogP contribution in [0.15, 0.2) is 22.7 Å². The highest BCUT2D eigenvalue weighted by Crippen LogP contribution is 2.32. The summed E-state index contributed by atoms with van der Waals surface area (Å²) >= 11 is 0. The minimum atomic E-state index is -1.17. The molecule has 0 bridgehead atoms. The molecule has 1 aromatic heterocycles. The van der Waals surface area contributed by atoms with E-state index in [1.165, 1.54) is 25.3 Å². The fraction of sp³-hybridized carbons (Fsp3) is 0.474. The summed E-state index contributed by atoms with van der Waals surface area (Å²) in [4.78, 5) is 14.1. The average Bonchev–Trinajstić information content (AvgIpc) is 3.32. The maximum Gasteiger partial charge on any atom is 0.343 e. The summed E-state index contributed by atoms with van der Waals surface area (Å²) in [5.74, 6) is -1.11. The van der Waals surface area contributed by atoms with Crippen molar-refractivity contribution in [3.63, 3.8) is 0 Å². The van der Waals surface area contributed by atoms with Crippen LogP contribution >= 0.6 is 0 Å². The second-order valence-corrected chi connectivity index (χ2v) is 6.72. The molecule has 8 nitrogen and oxygen atoms in total. The molecule has 0 saturated carbocycles. The topological polar surface area (TPSA) is 97.1 Å². The first-order valence-corrected chi connectivity index (χ1v) is 9.05. The third kappa shape index (κ3) is 4.42. The number of hydrogen-bond donors (Lipinski definition) is 2. The number of aromatic nitrogens is 1. The van der Waals surface area contributed by atoms with Crippen LogP contribution in [0, 0.1) is 11.7 Å². The lowest BCUT2D eigenvalue weighted by Gasteiger charge is -2.15. The Balaban J connectivity index is 1.72. The maximum atomic E-state index is 13.6. The molecule has 1 aliphatic rings. The number of likely N-dealkylation sites (tertiary alicyclic amines) is 1. The van der Waals surface area contributed by atoms with Crippen LogP contribution in [0.2, 0.25) is 0 Å². The molecule has 9 heteroatoms. The van der Waals surface area contributed by atoms with Gasteiger partial charge in [0.1, 0.15) is 0 Å². The molecule has 2 N–H and O–H groups in total. The molecular formula is C19H24FN3O5. The van der Waals surface area contributed by atoms with Crippen molar-refractivity contribution in [1.29, 1.82) is 0 Å². The zero-order chi connectivity index (χ0) is 20.1. The van der Waals surface area contributed by atoms with E-state index in [2.05, 4.69) is 15.4 Å². The summed E-state index contributed by atoms with van der Waals surface area (Å²) < 4.78 is 29.0. The monoisotopic (exact) mass is 393 g/mol. The van der Waals surface area contributed by atoms with Crippen molar-refractivity contribution in [1.82, 2.24) is 10.1 Å². The second-order valence-electron chi connectivity index (χ2n) is 6.72. The molecule has 1 atom stereocenters. The van der Waals surface area contributed by atoms with Gasteiger partial charge >= 0.3 is 5.97 Å². The number of carbonyl (C=O) groups is 1. The van der Waals surface area contributed by atoms with Crippen molar-refractivity contribution in [2.75, 3.05) is 52.3 Å². The number of anilines is 1. The van der Waals surface area contributed by atoms with Crippen molar-refractivity contribution in [2.45, 2.75) is 6.42 Å². The predicted molar refractivity (Wildman–Crippen MR) is 100 cm³/mol. The third-order valence-corrected chi connectivity index (χ3v) is 4.86. The van der Waals surface area contributed by atoms with E-state index >= 15 is 0 Å². The van der Waals surface area contributed by atoms with E-state index in [0.717, 1.165) is 26.1 Å². The first kappa shape index (κ1) is 20.1. The Bertz CT molecular complexity index is 826. The van der Waals surface area contributed by atoms with Gasteiger partial charge in [-0.1, -0.05) is 5.16 Å². The number of ether oxygens (including phenoxy) is 2. The molecule has 2 aromatic rings. The first-order valence-electron chi connectivity index (χ1n) is 9.05. The Kier molecular flexibility index (Phi) is 6.48. The molecule has 28 heavy (non-hydrogen) atoms. The van der Waals surface area contributed by atoms with E-state index < -0.39 is 11.8 Å². The summed E-state index contributed by atoms with van der Waals surface area (Å²) in [6, 6.07) is 4.01. The molecule has 3 rings (SSSR count). The molecule has 0 radical (unpaired) electrons. The van der Waals surface area contributed by atoms with Gasteiger partial charge in [0.25, 0.3) is 0 Å². The molecular weight excluding hydrogens is 369 g/mol. The Labute approximate surface area is 162 Å². The van der Waals surface area contributed by atoms with Crippen molar-refractivity contribution in [2.24, 2.45) is 5.92 Å². The predicted octanol–water partition coefficient (Wildman–Crippen LogP) is 2.57. The summed E-state index contributed by atoms with van der Waals surface area (Å²) in [6.07, 6.45) is 1.01. The lowest BCUT2D eigenvalue weighted by atomic mass is 10.1. The Morgan fingerprint density at radius 1 is 1.46 bits per heavy atom. The Hall–Kier alpha value is -2.65. The summed E-state index contributed by atoms with van der Waals surface area (Å²) in [6.45, 7) is 4.06. The van der Waals surface area contributed by atoms with Gasteiger partial charge < -0.3 is 29.3 Å².